The number of hydrogen-bond donors (Lipinski definition) is 1. The smallest absolute Gasteiger partial charge is 0.336 e. The summed E-state index contributed by atoms with van der Waals surface area (Å²) in [5.41, 5.74) is 0.251. The molecule has 0 saturated heterocycles. The van der Waals surface area contributed by atoms with Crippen LogP contribution in [0.15, 0.2) is 31.9 Å². The second-order valence-corrected chi connectivity index (χ2v) is 6.95. The van der Waals surface area contributed by atoms with Crippen molar-refractivity contribution in [1.29, 1.82) is 0 Å². The molecule has 100 valence electrons. The molecule has 0 unspecified atom stereocenters. The molecule has 1 heterocycles. The summed E-state index contributed by atoms with van der Waals surface area (Å²) in [6.45, 7) is 0. The predicted molar refractivity (Wildman–Crippen MR) is 79.5 cm³/mol. The number of benzene rings is 1. The van der Waals surface area contributed by atoms with Gasteiger partial charge in [0.25, 0.3) is 0 Å². The van der Waals surface area contributed by atoms with E-state index in [9.17, 15) is 9.90 Å². The van der Waals surface area contributed by atoms with Crippen molar-refractivity contribution in [2.24, 2.45) is 0 Å². The summed E-state index contributed by atoms with van der Waals surface area (Å²) in [6.07, 6.45) is 0. The summed E-state index contributed by atoms with van der Waals surface area (Å²) in [4.78, 5) is 13.7. The predicted octanol–water partition coefficient (Wildman–Crippen LogP) is 3.22. The van der Waals surface area contributed by atoms with Gasteiger partial charge in [0, 0.05) is 23.5 Å². The molecule has 2 aromatic rings. The monoisotopic (exact) mass is 359 g/mol. The molecule has 0 aliphatic carbocycles. The zero-order chi connectivity index (χ0) is 14.0. The fraction of sp³-hybridized carbons (Fsp3) is 0.182. The molecule has 2 rings (SSSR count). The van der Waals surface area contributed by atoms with Crippen molar-refractivity contribution in [3.63, 3.8) is 0 Å². The van der Waals surface area contributed by atoms with E-state index in [1.807, 2.05) is 25.1 Å². The summed E-state index contributed by atoms with van der Waals surface area (Å²) in [7, 11) is 3.77. The Balaban J connectivity index is 2.29. The van der Waals surface area contributed by atoms with Crippen LogP contribution in [0, 0.1) is 0 Å². The number of hydrogen-bond acceptors (Lipinski definition) is 6. The van der Waals surface area contributed by atoms with E-state index in [0.717, 1.165) is 9.60 Å². The van der Waals surface area contributed by atoms with Crippen LogP contribution in [0.5, 0.6) is 0 Å². The van der Waals surface area contributed by atoms with Crippen molar-refractivity contribution in [2.45, 2.75) is 9.24 Å². The van der Waals surface area contributed by atoms with Crippen molar-refractivity contribution < 1.29 is 9.90 Å². The van der Waals surface area contributed by atoms with E-state index in [4.69, 9.17) is 0 Å². The minimum atomic E-state index is -0.957. The minimum absolute atomic E-state index is 0.251. The molecule has 1 aromatic carbocycles. The van der Waals surface area contributed by atoms with Gasteiger partial charge in [0.15, 0.2) is 4.34 Å². The Bertz CT molecular complexity index is 616. The highest BCUT2D eigenvalue weighted by molar-refractivity contribution is 9.10. The number of aromatic carboxylic acids is 1. The van der Waals surface area contributed by atoms with Gasteiger partial charge in [0.05, 0.1) is 5.56 Å². The molecule has 0 aliphatic heterocycles. The quantitative estimate of drug-likeness (QED) is 0.903. The Kier molecular flexibility index (Phi) is 4.43. The maximum Gasteiger partial charge on any atom is 0.336 e. The summed E-state index contributed by atoms with van der Waals surface area (Å²) in [5.74, 6) is -0.957. The molecular formula is C11H10BrN3O2S2. The lowest BCUT2D eigenvalue weighted by atomic mass is 10.2. The standard InChI is InChI=1S/C11H10BrN3O2S2/c1-15(2)10-13-14-11(19-10)18-8-4-3-6(12)5-7(8)9(16)17/h3-5H,1-2H3,(H,16,17). The van der Waals surface area contributed by atoms with Gasteiger partial charge in [-0.15, -0.1) is 10.2 Å². The van der Waals surface area contributed by atoms with Crippen LogP contribution in [-0.4, -0.2) is 35.4 Å². The van der Waals surface area contributed by atoms with E-state index in [-0.39, 0.29) is 5.56 Å². The first kappa shape index (κ1) is 14.3. The molecule has 1 aromatic heterocycles. The minimum Gasteiger partial charge on any atom is -0.478 e. The van der Waals surface area contributed by atoms with Gasteiger partial charge >= 0.3 is 5.97 Å². The second kappa shape index (κ2) is 5.89. The van der Waals surface area contributed by atoms with Crippen LogP contribution in [0.1, 0.15) is 10.4 Å². The lowest BCUT2D eigenvalue weighted by Crippen LogP contribution is -2.07. The zero-order valence-corrected chi connectivity index (χ0v) is 13.3. The first-order chi connectivity index (χ1) is 8.97. The van der Waals surface area contributed by atoms with Gasteiger partial charge in [0.2, 0.25) is 5.13 Å². The van der Waals surface area contributed by atoms with Crippen molar-refractivity contribution in [2.75, 3.05) is 19.0 Å². The molecule has 19 heavy (non-hydrogen) atoms. The summed E-state index contributed by atoms with van der Waals surface area (Å²) >= 11 is 6.00. The molecule has 0 bridgehead atoms. The third-order valence-corrected chi connectivity index (χ3v) is 4.86. The first-order valence-electron chi connectivity index (χ1n) is 5.19. The number of anilines is 1. The number of aromatic nitrogens is 2. The van der Waals surface area contributed by atoms with Crippen LogP contribution >= 0.6 is 39.0 Å². The molecule has 0 saturated carbocycles. The van der Waals surface area contributed by atoms with Gasteiger partial charge in [-0.3, -0.25) is 0 Å². The highest BCUT2D eigenvalue weighted by atomic mass is 79.9. The van der Waals surface area contributed by atoms with Crippen molar-refractivity contribution in [3.05, 3.63) is 28.2 Å². The van der Waals surface area contributed by atoms with Crippen molar-refractivity contribution >= 4 is 50.1 Å². The topological polar surface area (TPSA) is 66.3 Å². The Morgan fingerprint density at radius 1 is 1.42 bits per heavy atom. The number of halogens is 1. The molecule has 0 fully saturated rings. The maximum atomic E-state index is 11.2. The van der Waals surface area contributed by atoms with E-state index in [1.54, 1.807) is 12.1 Å². The van der Waals surface area contributed by atoms with E-state index >= 15 is 0 Å². The number of rotatable bonds is 4. The molecule has 0 radical (unpaired) electrons. The molecule has 0 spiro atoms. The summed E-state index contributed by atoms with van der Waals surface area (Å²) in [5, 5.41) is 18.0. The lowest BCUT2D eigenvalue weighted by Gasteiger charge is -2.05. The van der Waals surface area contributed by atoms with Crippen molar-refractivity contribution in [3.8, 4) is 0 Å². The highest BCUT2D eigenvalue weighted by Gasteiger charge is 2.14. The average molecular weight is 360 g/mol. The number of nitrogens with zero attached hydrogens (tertiary/aromatic N) is 3. The van der Waals surface area contributed by atoms with Crippen LogP contribution in [0.2, 0.25) is 0 Å². The van der Waals surface area contributed by atoms with Gasteiger partial charge in [-0.2, -0.15) is 0 Å². The van der Waals surface area contributed by atoms with Gasteiger partial charge < -0.3 is 10.0 Å². The third kappa shape index (κ3) is 3.46. The fourth-order valence-corrected chi connectivity index (χ4v) is 3.46. The average Bonchev–Trinajstić information content (AvgIpc) is 2.80. The first-order valence-corrected chi connectivity index (χ1v) is 7.61. The van der Waals surface area contributed by atoms with Gasteiger partial charge in [0.1, 0.15) is 0 Å². The van der Waals surface area contributed by atoms with Crippen LogP contribution in [0.4, 0.5) is 5.13 Å². The maximum absolute atomic E-state index is 11.2. The van der Waals surface area contributed by atoms with Crippen LogP contribution in [0.25, 0.3) is 0 Å². The molecule has 5 nitrogen and oxygen atoms in total. The molecule has 8 heteroatoms. The normalized spacial score (nSPS) is 10.5. The van der Waals surface area contributed by atoms with E-state index in [2.05, 4.69) is 26.1 Å². The van der Waals surface area contributed by atoms with Crippen LogP contribution in [0.3, 0.4) is 0 Å². The summed E-state index contributed by atoms with van der Waals surface area (Å²) < 4.78 is 1.45. The Hall–Kier alpha value is -1.12. The van der Waals surface area contributed by atoms with Crippen molar-refractivity contribution in [1.82, 2.24) is 10.2 Å². The Labute approximate surface area is 126 Å². The highest BCUT2D eigenvalue weighted by Crippen LogP contribution is 2.35. The Morgan fingerprint density at radius 3 is 2.74 bits per heavy atom. The SMILES string of the molecule is CN(C)c1nnc(Sc2ccc(Br)cc2C(=O)O)s1. The molecule has 0 amide bonds. The van der Waals surface area contributed by atoms with E-state index in [0.29, 0.717) is 9.24 Å². The van der Waals surface area contributed by atoms with E-state index in [1.165, 1.54) is 23.1 Å². The van der Waals surface area contributed by atoms with Crippen LogP contribution in [-0.2, 0) is 0 Å². The third-order valence-electron chi connectivity index (χ3n) is 2.15. The molecule has 0 atom stereocenters. The molecular weight excluding hydrogens is 350 g/mol. The number of carboxylic acids is 1. The molecule has 1 N–H and O–H groups in total. The largest absolute Gasteiger partial charge is 0.478 e. The van der Waals surface area contributed by atoms with Gasteiger partial charge in [-0.1, -0.05) is 39.0 Å². The summed E-state index contributed by atoms with van der Waals surface area (Å²) in [6, 6.07) is 5.15. The number of carbonyl (C=O) groups is 1. The number of carboxylic acid groups (broad SMARTS) is 1. The van der Waals surface area contributed by atoms with Gasteiger partial charge in [-0.05, 0) is 18.2 Å². The van der Waals surface area contributed by atoms with Crippen LogP contribution < -0.4 is 4.90 Å². The zero-order valence-electron chi connectivity index (χ0n) is 10.1. The lowest BCUT2D eigenvalue weighted by molar-refractivity contribution is 0.0693. The van der Waals surface area contributed by atoms with E-state index < -0.39 is 5.97 Å². The Morgan fingerprint density at radius 2 is 2.16 bits per heavy atom. The van der Waals surface area contributed by atoms with Gasteiger partial charge in [-0.25, -0.2) is 4.79 Å². The fourth-order valence-electron chi connectivity index (χ4n) is 1.28. The second-order valence-electron chi connectivity index (χ2n) is 3.79. The molecule has 0 aliphatic rings.